The Balaban J connectivity index is 1.82. The van der Waals surface area contributed by atoms with Crippen molar-refractivity contribution in [2.75, 3.05) is 0 Å². The van der Waals surface area contributed by atoms with Crippen LogP contribution < -0.4 is 0 Å². The fourth-order valence-corrected chi connectivity index (χ4v) is 3.71. The van der Waals surface area contributed by atoms with Crippen LogP contribution in [0.1, 0.15) is 27.6 Å². The lowest BCUT2D eigenvalue weighted by atomic mass is 10.1. The molecule has 0 spiro atoms. The summed E-state index contributed by atoms with van der Waals surface area (Å²) in [5.74, 6) is 1.50. The van der Waals surface area contributed by atoms with Crippen molar-refractivity contribution in [3.05, 3.63) is 83.4 Å². The van der Waals surface area contributed by atoms with Gasteiger partial charge in [-0.2, -0.15) is 0 Å². The van der Waals surface area contributed by atoms with E-state index in [1.165, 1.54) is 0 Å². The summed E-state index contributed by atoms with van der Waals surface area (Å²) in [6.07, 6.45) is 0. The van der Waals surface area contributed by atoms with E-state index in [-0.39, 0.29) is 5.78 Å². The Morgan fingerprint density at radius 1 is 0.679 bits per heavy atom. The molecule has 4 rings (SSSR count). The van der Waals surface area contributed by atoms with E-state index in [0.717, 1.165) is 22.8 Å². The molecule has 2 heterocycles. The molecule has 0 aliphatic rings. The van der Waals surface area contributed by atoms with Gasteiger partial charge < -0.3 is 9.13 Å². The summed E-state index contributed by atoms with van der Waals surface area (Å²) in [6, 6.07) is 19.8. The molecule has 28 heavy (non-hydrogen) atoms. The van der Waals surface area contributed by atoms with Crippen LogP contribution in [0.4, 0.5) is 0 Å². The number of hydrogen-bond donors (Lipinski definition) is 0. The van der Waals surface area contributed by atoms with Crippen molar-refractivity contribution in [1.29, 1.82) is 0 Å². The van der Waals surface area contributed by atoms with Crippen molar-refractivity contribution >= 4 is 5.78 Å². The number of nitrogens with zero attached hydrogens (tertiary/aromatic N) is 4. The molecule has 0 saturated heterocycles. The number of rotatable bonds is 4. The van der Waals surface area contributed by atoms with E-state index < -0.39 is 0 Å². The number of hydrogen-bond acceptors (Lipinski definition) is 3. The number of aryl methyl sites for hydroxylation is 2. The first kappa shape index (κ1) is 17.9. The second-order valence-electron chi connectivity index (χ2n) is 6.92. The number of benzene rings is 2. The Morgan fingerprint density at radius 3 is 1.39 bits per heavy atom. The minimum atomic E-state index is -0.0654. The third-order valence-corrected chi connectivity index (χ3v) is 5.03. The van der Waals surface area contributed by atoms with Gasteiger partial charge in [0.25, 0.3) is 0 Å². The summed E-state index contributed by atoms with van der Waals surface area (Å²) in [5, 5.41) is 0. The Kier molecular flexibility index (Phi) is 4.43. The van der Waals surface area contributed by atoms with E-state index in [1.807, 2.05) is 97.7 Å². The van der Waals surface area contributed by atoms with Crippen LogP contribution >= 0.6 is 0 Å². The van der Waals surface area contributed by atoms with Crippen LogP contribution in [0.5, 0.6) is 0 Å². The molecule has 2 aromatic heterocycles. The van der Waals surface area contributed by atoms with E-state index in [1.54, 1.807) is 0 Å². The summed E-state index contributed by atoms with van der Waals surface area (Å²) in [5.41, 5.74) is 4.58. The van der Waals surface area contributed by atoms with Crippen molar-refractivity contribution < 1.29 is 4.79 Å². The second-order valence-corrected chi connectivity index (χ2v) is 6.92. The summed E-state index contributed by atoms with van der Waals surface area (Å²) in [4.78, 5) is 22.8. The van der Waals surface area contributed by atoms with Crippen LogP contribution in [-0.4, -0.2) is 24.9 Å². The molecule has 0 bridgehead atoms. The van der Waals surface area contributed by atoms with E-state index in [4.69, 9.17) is 0 Å². The maximum absolute atomic E-state index is 13.5. The molecule has 0 aliphatic heterocycles. The van der Waals surface area contributed by atoms with Gasteiger partial charge in [0.1, 0.15) is 23.0 Å². The van der Waals surface area contributed by atoms with Gasteiger partial charge in [0, 0.05) is 25.2 Å². The molecule has 140 valence electrons. The first-order valence-electron chi connectivity index (χ1n) is 9.21. The number of carbonyl (C=O) groups is 1. The third-order valence-electron chi connectivity index (χ3n) is 5.03. The average molecular weight is 370 g/mol. The fraction of sp³-hybridized carbons (Fsp3) is 0.174. The van der Waals surface area contributed by atoms with Crippen molar-refractivity contribution in [3.63, 3.8) is 0 Å². The monoisotopic (exact) mass is 370 g/mol. The first-order chi connectivity index (χ1) is 13.5. The summed E-state index contributed by atoms with van der Waals surface area (Å²) in [6.45, 7) is 3.76. The molecule has 5 nitrogen and oxygen atoms in total. The first-order valence-corrected chi connectivity index (χ1v) is 9.21. The lowest BCUT2D eigenvalue weighted by molar-refractivity contribution is 0.102. The maximum Gasteiger partial charge on any atom is 0.229 e. The Morgan fingerprint density at radius 2 is 1.04 bits per heavy atom. The van der Waals surface area contributed by atoms with Crippen LogP contribution in [0.25, 0.3) is 22.8 Å². The highest BCUT2D eigenvalue weighted by molar-refractivity contribution is 6.09. The van der Waals surface area contributed by atoms with Gasteiger partial charge >= 0.3 is 0 Å². The number of aromatic nitrogens is 4. The highest BCUT2D eigenvalue weighted by Crippen LogP contribution is 2.26. The van der Waals surface area contributed by atoms with Crippen molar-refractivity contribution in [3.8, 4) is 22.8 Å². The lowest BCUT2D eigenvalue weighted by Crippen LogP contribution is -2.14. The average Bonchev–Trinajstić information content (AvgIpc) is 3.17. The normalized spacial score (nSPS) is 11.0. The lowest BCUT2D eigenvalue weighted by Gasteiger charge is -2.09. The summed E-state index contributed by atoms with van der Waals surface area (Å²) in [7, 11) is 3.78. The van der Waals surface area contributed by atoms with Gasteiger partial charge in [-0.15, -0.1) is 0 Å². The zero-order valence-electron chi connectivity index (χ0n) is 16.5. The van der Waals surface area contributed by atoms with Crippen LogP contribution in [0.15, 0.2) is 60.7 Å². The van der Waals surface area contributed by atoms with Crippen molar-refractivity contribution in [1.82, 2.24) is 19.1 Å². The quantitative estimate of drug-likeness (QED) is 0.502. The topological polar surface area (TPSA) is 52.7 Å². The maximum atomic E-state index is 13.5. The van der Waals surface area contributed by atoms with E-state index in [2.05, 4.69) is 9.97 Å². The molecular weight excluding hydrogens is 348 g/mol. The van der Waals surface area contributed by atoms with Crippen LogP contribution in [0, 0.1) is 13.8 Å². The fourth-order valence-electron chi connectivity index (χ4n) is 3.71. The Bertz CT molecular complexity index is 1060. The van der Waals surface area contributed by atoms with Gasteiger partial charge in [-0.1, -0.05) is 60.7 Å². The van der Waals surface area contributed by atoms with Crippen molar-refractivity contribution in [2.24, 2.45) is 14.1 Å². The van der Waals surface area contributed by atoms with Gasteiger partial charge in [0.15, 0.2) is 0 Å². The zero-order valence-corrected chi connectivity index (χ0v) is 16.5. The Hall–Kier alpha value is -3.47. The van der Waals surface area contributed by atoms with Gasteiger partial charge in [-0.25, -0.2) is 9.97 Å². The molecular formula is C23H22N4O. The Labute approximate surface area is 164 Å². The third kappa shape index (κ3) is 2.85. The van der Waals surface area contributed by atoms with Gasteiger partial charge in [0.2, 0.25) is 5.78 Å². The smallest absolute Gasteiger partial charge is 0.229 e. The minimum absolute atomic E-state index is 0.0654. The zero-order chi connectivity index (χ0) is 19.8. The van der Waals surface area contributed by atoms with E-state index in [0.29, 0.717) is 22.8 Å². The molecule has 0 fully saturated rings. The van der Waals surface area contributed by atoms with Gasteiger partial charge in [0.05, 0.1) is 11.4 Å². The van der Waals surface area contributed by atoms with E-state index >= 15 is 0 Å². The standard InChI is InChI=1S/C23H22N4O/c1-15-19(26(3)22(24-15)17-11-7-5-8-12-17)21(28)20-16(2)25-23(27(20)4)18-13-9-6-10-14-18/h5-14H,1-4H3. The second kappa shape index (κ2) is 6.93. The molecule has 0 aliphatic carbocycles. The molecule has 0 radical (unpaired) electrons. The number of ketones is 1. The largest absolute Gasteiger partial charge is 0.324 e. The molecule has 5 heteroatoms. The van der Waals surface area contributed by atoms with Crippen molar-refractivity contribution in [2.45, 2.75) is 13.8 Å². The molecule has 0 amide bonds. The van der Waals surface area contributed by atoms with Gasteiger partial charge in [-0.3, -0.25) is 4.79 Å². The molecule has 0 unspecified atom stereocenters. The van der Waals surface area contributed by atoms with Gasteiger partial charge in [-0.05, 0) is 13.8 Å². The number of imidazole rings is 2. The summed E-state index contributed by atoms with van der Waals surface area (Å²) < 4.78 is 3.75. The molecule has 0 N–H and O–H groups in total. The molecule has 0 atom stereocenters. The van der Waals surface area contributed by atoms with Crippen LogP contribution in [-0.2, 0) is 14.1 Å². The van der Waals surface area contributed by atoms with Crippen LogP contribution in [0.2, 0.25) is 0 Å². The molecule has 4 aromatic rings. The molecule has 0 saturated carbocycles. The predicted octanol–water partition coefficient (Wildman–Crippen LogP) is 4.34. The molecule has 2 aromatic carbocycles. The highest BCUT2D eigenvalue weighted by Gasteiger charge is 2.26. The SMILES string of the molecule is Cc1nc(-c2ccccc2)n(C)c1C(=O)c1c(C)nc(-c2ccccc2)n1C. The highest BCUT2D eigenvalue weighted by atomic mass is 16.1. The van der Waals surface area contributed by atoms with Crippen LogP contribution in [0.3, 0.4) is 0 Å². The number of carbonyl (C=O) groups excluding carboxylic acids is 1. The predicted molar refractivity (Wildman–Crippen MR) is 110 cm³/mol. The van der Waals surface area contributed by atoms with E-state index in [9.17, 15) is 4.79 Å². The minimum Gasteiger partial charge on any atom is -0.324 e. The summed E-state index contributed by atoms with van der Waals surface area (Å²) >= 11 is 0.